The summed E-state index contributed by atoms with van der Waals surface area (Å²) >= 11 is 0. The largest absolute Gasteiger partial charge is 0.377 e. The van der Waals surface area contributed by atoms with Crippen LogP contribution in [0.25, 0.3) is 0 Å². The van der Waals surface area contributed by atoms with Gasteiger partial charge in [0, 0.05) is 24.8 Å². The highest BCUT2D eigenvalue weighted by Gasteiger charge is 2.14. The van der Waals surface area contributed by atoms with E-state index >= 15 is 0 Å². The summed E-state index contributed by atoms with van der Waals surface area (Å²) in [6.45, 7) is 9.08. The minimum absolute atomic E-state index is 0.0579. The van der Waals surface area contributed by atoms with Crippen LogP contribution in [-0.4, -0.2) is 29.0 Å². The van der Waals surface area contributed by atoms with Crippen LogP contribution in [0.5, 0.6) is 0 Å². The molecule has 0 spiro atoms. The Balaban J connectivity index is 1.60. The van der Waals surface area contributed by atoms with Gasteiger partial charge < -0.3 is 10.1 Å². The van der Waals surface area contributed by atoms with Crippen LogP contribution in [0.15, 0.2) is 12.4 Å². The van der Waals surface area contributed by atoms with Crippen LogP contribution in [0.1, 0.15) is 58.4 Å². The summed E-state index contributed by atoms with van der Waals surface area (Å²) in [5.74, 6) is 0. The van der Waals surface area contributed by atoms with Crippen molar-refractivity contribution in [1.82, 2.24) is 15.1 Å². The highest BCUT2D eigenvalue weighted by molar-refractivity contribution is 5.04. The maximum atomic E-state index is 5.90. The van der Waals surface area contributed by atoms with Crippen molar-refractivity contribution in [3.8, 4) is 0 Å². The third kappa shape index (κ3) is 4.91. The zero-order chi connectivity index (χ0) is 14.4. The van der Waals surface area contributed by atoms with Crippen molar-refractivity contribution < 1.29 is 4.74 Å². The van der Waals surface area contributed by atoms with Gasteiger partial charge >= 0.3 is 0 Å². The first-order valence-corrected chi connectivity index (χ1v) is 7.92. The fourth-order valence-electron chi connectivity index (χ4n) is 2.58. The Morgan fingerprint density at radius 2 is 2.05 bits per heavy atom. The van der Waals surface area contributed by atoms with E-state index in [0.29, 0.717) is 6.10 Å². The molecule has 1 aliphatic carbocycles. The van der Waals surface area contributed by atoms with Gasteiger partial charge in [0.1, 0.15) is 0 Å². The van der Waals surface area contributed by atoms with E-state index in [0.717, 1.165) is 19.7 Å². The Labute approximate surface area is 122 Å². The average molecular weight is 279 g/mol. The molecule has 1 saturated carbocycles. The SMILES string of the molecule is CC(C)(C)n1cc(CNCCOC2CCCCC2)cn1. The van der Waals surface area contributed by atoms with Crippen molar-refractivity contribution in [2.24, 2.45) is 0 Å². The first-order chi connectivity index (χ1) is 9.55. The molecule has 4 heteroatoms. The lowest BCUT2D eigenvalue weighted by Crippen LogP contribution is -2.24. The number of nitrogens with one attached hydrogen (secondary N) is 1. The Bertz CT molecular complexity index is 389. The van der Waals surface area contributed by atoms with E-state index < -0.39 is 0 Å². The number of hydrogen-bond acceptors (Lipinski definition) is 3. The summed E-state index contributed by atoms with van der Waals surface area (Å²) < 4.78 is 7.91. The topological polar surface area (TPSA) is 39.1 Å². The van der Waals surface area contributed by atoms with Gasteiger partial charge in [0.25, 0.3) is 0 Å². The second-order valence-corrected chi connectivity index (χ2v) is 6.77. The zero-order valence-corrected chi connectivity index (χ0v) is 13.2. The summed E-state index contributed by atoms with van der Waals surface area (Å²) in [6.07, 6.45) is 11.1. The molecular weight excluding hydrogens is 250 g/mol. The number of rotatable bonds is 6. The van der Waals surface area contributed by atoms with Gasteiger partial charge in [-0.3, -0.25) is 4.68 Å². The van der Waals surface area contributed by atoms with Gasteiger partial charge in [-0.05, 0) is 33.6 Å². The van der Waals surface area contributed by atoms with Gasteiger partial charge in [-0.2, -0.15) is 5.10 Å². The van der Waals surface area contributed by atoms with Gasteiger partial charge in [0.2, 0.25) is 0 Å². The number of nitrogens with zero attached hydrogens (tertiary/aromatic N) is 2. The molecule has 0 amide bonds. The molecule has 1 aromatic rings. The third-order valence-corrected chi connectivity index (χ3v) is 3.84. The molecule has 0 unspecified atom stereocenters. The minimum atomic E-state index is 0.0579. The molecule has 0 atom stereocenters. The molecule has 1 heterocycles. The van der Waals surface area contributed by atoms with Crippen LogP contribution < -0.4 is 5.32 Å². The number of hydrogen-bond donors (Lipinski definition) is 1. The standard InChI is InChI=1S/C16H29N3O/c1-16(2,3)19-13-14(12-18-19)11-17-9-10-20-15-7-5-4-6-8-15/h12-13,15,17H,4-11H2,1-3H3. The maximum Gasteiger partial charge on any atom is 0.0594 e. The minimum Gasteiger partial charge on any atom is -0.377 e. The van der Waals surface area contributed by atoms with Crippen molar-refractivity contribution in [2.45, 2.75) is 71.1 Å². The Morgan fingerprint density at radius 1 is 1.30 bits per heavy atom. The molecule has 0 aromatic carbocycles. The predicted octanol–water partition coefficient (Wildman–Crippen LogP) is 3.08. The predicted molar refractivity (Wildman–Crippen MR) is 81.8 cm³/mol. The molecule has 0 aliphatic heterocycles. The molecule has 1 aromatic heterocycles. The molecule has 0 bridgehead atoms. The van der Waals surface area contributed by atoms with E-state index in [1.807, 2.05) is 10.9 Å². The molecule has 1 aliphatic rings. The van der Waals surface area contributed by atoms with Gasteiger partial charge in [-0.15, -0.1) is 0 Å². The Hall–Kier alpha value is -0.870. The molecule has 2 rings (SSSR count). The van der Waals surface area contributed by atoms with Crippen molar-refractivity contribution in [2.75, 3.05) is 13.2 Å². The van der Waals surface area contributed by atoms with E-state index in [9.17, 15) is 0 Å². The van der Waals surface area contributed by atoms with Gasteiger partial charge in [0.05, 0.1) is 24.4 Å². The third-order valence-electron chi connectivity index (χ3n) is 3.84. The molecular formula is C16H29N3O. The van der Waals surface area contributed by atoms with E-state index in [1.54, 1.807) is 0 Å². The highest BCUT2D eigenvalue weighted by Crippen LogP contribution is 2.19. The van der Waals surface area contributed by atoms with Crippen molar-refractivity contribution in [3.63, 3.8) is 0 Å². The monoisotopic (exact) mass is 279 g/mol. The molecule has 20 heavy (non-hydrogen) atoms. The molecule has 4 nitrogen and oxygen atoms in total. The fraction of sp³-hybridized carbons (Fsp3) is 0.812. The first-order valence-electron chi connectivity index (χ1n) is 7.92. The van der Waals surface area contributed by atoms with Crippen LogP contribution in [0.3, 0.4) is 0 Å². The van der Waals surface area contributed by atoms with Crippen molar-refractivity contribution >= 4 is 0 Å². The van der Waals surface area contributed by atoms with Crippen LogP contribution in [0.2, 0.25) is 0 Å². The Kier molecular flexibility index (Phi) is 5.61. The van der Waals surface area contributed by atoms with Crippen molar-refractivity contribution in [3.05, 3.63) is 18.0 Å². The maximum absolute atomic E-state index is 5.90. The molecule has 1 fully saturated rings. The second-order valence-electron chi connectivity index (χ2n) is 6.77. The number of aromatic nitrogens is 2. The van der Waals surface area contributed by atoms with Gasteiger partial charge in [0.15, 0.2) is 0 Å². The van der Waals surface area contributed by atoms with Crippen LogP contribution in [-0.2, 0) is 16.8 Å². The molecule has 114 valence electrons. The lowest BCUT2D eigenvalue weighted by Gasteiger charge is -2.22. The zero-order valence-electron chi connectivity index (χ0n) is 13.2. The smallest absolute Gasteiger partial charge is 0.0594 e. The summed E-state index contributed by atoms with van der Waals surface area (Å²) in [5, 5.41) is 7.83. The molecule has 0 saturated heterocycles. The molecule has 1 N–H and O–H groups in total. The summed E-state index contributed by atoms with van der Waals surface area (Å²) in [7, 11) is 0. The van der Waals surface area contributed by atoms with Gasteiger partial charge in [-0.25, -0.2) is 0 Å². The van der Waals surface area contributed by atoms with Crippen LogP contribution in [0, 0.1) is 0 Å². The van der Waals surface area contributed by atoms with E-state index in [1.165, 1.54) is 37.7 Å². The summed E-state index contributed by atoms with van der Waals surface area (Å²) in [4.78, 5) is 0. The number of ether oxygens (including phenoxy) is 1. The highest BCUT2D eigenvalue weighted by atomic mass is 16.5. The van der Waals surface area contributed by atoms with E-state index in [2.05, 4.69) is 37.4 Å². The van der Waals surface area contributed by atoms with Crippen LogP contribution >= 0.6 is 0 Å². The van der Waals surface area contributed by atoms with E-state index in [4.69, 9.17) is 4.74 Å². The van der Waals surface area contributed by atoms with Crippen LogP contribution in [0.4, 0.5) is 0 Å². The lowest BCUT2D eigenvalue weighted by atomic mass is 9.98. The second kappa shape index (κ2) is 7.23. The lowest BCUT2D eigenvalue weighted by molar-refractivity contribution is 0.0302. The van der Waals surface area contributed by atoms with E-state index in [-0.39, 0.29) is 5.54 Å². The summed E-state index contributed by atoms with van der Waals surface area (Å²) in [5.41, 5.74) is 1.29. The van der Waals surface area contributed by atoms with Gasteiger partial charge in [-0.1, -0.05) is 19.3 Å². The fourth-order valence-corrected chi connectivity index (χ4v) is 2.58. The average Bonchev–Trinajstić information content (AvgIpc) is 2.88. The quantitative estimate of drug-likeness (QED) is 0.813. The molecule has 0 radical (unpaired) electrons. The Morgan fingerprint density at radius 3 is 2.70 bits per heavy atom. The normalized spacial score (nSPS) is 17.6. The van der Waals surface area contributed by atoms with Crippen molar-refractivity contribution in [1.29, 1.82) is 0 Å². The summed E-state index contributed by atoms with van der Waals surface area (Å²) in [6, 6.07) is 0. The first kappa shape index (κ1) is 15.5.